The third-order valence-electron chi connectivity index (χ3n) is 3.53. The molecule has 1 saturated carbocycles. The van der Waals surface area contributed by atoms with E-state index >= 15 is 0 Å². The van der Waals surface area contributed by atoms with E-state index in [9.17, 15) is 4.79 Å². The normalized spacial score (nSPS) is 26.1. The second kappa shape index (κ2) is 5.52. The second-order valence-electron chi connectivity index (χ2n) is 5.38. The first-order chi connectivity index (χ1) is 7.95. The Balaban J connectivity index is 2.56. The largest absolute Gasteiger partial charge is 0.481 e. The fraction of sp³-hybridized carbons (Fsp3) is 0.846. The smallest absolute Gasteiger partial charge is 0.307 e. The van der Waals surface area contributed by atoms with Crippen molar-refractivity contribution in [3.8, 4) is 0 Å². The van der Waals surface area contributed by atoms with Gasteiger partial charge in [0.2, 0.25) is 0 Å². The number of nitrogens with zero attached hydrogens (tertiary/aromatic N) is 2. The summed E-state index contributed by atoms with van der Waals surface area (Å²) in [6, 6.07) is 0. The van der Waals surface area contributed by atoms with Crippen LogP contribution in [0.5, 0.6) is 0 Å². The monoisotopic (exact) mass is 240 g/mol. The van der Waals surface area contributed by atoms with Crippen LogP contribution in [-0.4, -0.2) is 35.4 Å². The van der Waals surface area contributed by atoms with Crippen LogP contribution in [0.25, 0.3) is 0 Å². The molecule has 0 spiro atoms. The van der Waals surface area contributed by atoms with Crippen LogP contribution in [0.15, 0.2) is 5.10 Å². The van der Waals surface area contributed by atoms with E-state index in [-0.39, 0.29) is 17.3 Å². The van der Waals surface area contributed by atoms with Gasteiger partial charge in [0.25, 0.3) is 0 Å². The molecule has 1 N–H and O–H groups in total. The average molecular weight is 240 g/mol. The van der Waals surface area contributed by atoms with E-state index in [2.05, 4.69) is 18.9 Å². The van der Waals surface area contributed by atoms with Gasteiger partial charge in [0, 0.05) is 25.2 Å². The van der Waals surface area contributed by atoms with Crippen LogP contribution in [0.2, 0.25) is 0 Å². The minimum absolute atomic E-state index is 0.0798. The van der Waals surface area contributed by atoms with Gasteiger partial charge in [-0.2, -0.15) is 5.10 Å². The highest BCUT2D eigenvalue weighted by molar-refractivity contribution is 5.84. The third-order valence-corrected chi connectivity index (χ3v) is 3.53. The predicted octanol–water partition coefficient (Wildman–Crippen LogP) is 2.45. The predicted molar refractivity (Wildman–Crippen MR) is 69.0 cm³/mol. The van der Waals surface area contributed by atoms with Gasteiger partial charge in [-0.1, -0.05) is 27.7 Å². The zero-order chi connectivity index (χ0) is 13.1. The quantitative estimate of drug-likeness (QED) is 0.549. The van der Waals surface area contributed by atoms with Crippen molar-refractivity contribution in [3.05, 3.63) is 0 Å². The van der Waals surface area contributed by atoms with Crippen molar-refractivity contribution in [3.63, 3.8) is 0 Å². The zero-order valence-corrected chi connectivity index (χ0v) is 11.3. The fourth-order valence-electron chi connectivity index (χ4n) is 2.34. The van der Waals surface area contributed by atoms with Crippen molar-refractivity contribution in [2.24, 2.45) is 22.4 Å². The van der Waals surface area contributed by atoms with Gasteiger partial charge in [-0.3, -0.25) is 9.80 Å². The molecule has 4 heteroatoms. The number of hydrogen-bond donors (Lipinski definition) is 1. The summed E-state index contributed by atoms with van der Waals surface area (Å²) in [6.07, 6.45) is 3.96. The summed E-state index contributed by atoms with van der Waals surface area (Å²) >= 11 is 0. The van der Waals surface area contributed by atoms with Crippen LogP contribution >= 0.6 is 0 Å². The fourth-order valence-corrected chi connectivity index (χ4v) is 2.34. The van der Waals surface area contributed by atoms with E-state index in [1.807, 2.05) is 25.1 Å². The molecule has 0 aromatic carbocycles. The average Bonchev–Trinajstić information content (AvgIpc) is 2.78. The molecule has 1 rings (SSSR count). The van der Waals surface area contributed by atoms with Gasteiger partial charge in [-0.25, -0.2) is 0 Å². The maximum atomic E-state index is 11.0. The van der Waals surface area contributed by atoms with Gasteiger partial charge >= 0.3 is 5.97 Å². The zero-order valence-electron chi connectivity index (χ0n) is 11.3. The number of carboxylic acid groups (broad SMARTS) is 1. The number of rotatable bonds is 7. The SMILES string of the molecule is CCCN(CCC)N=CC1C(C(=O)O)C1(C)C. The van der Waals surface area contributed by atoms with E-state index in [0.717, 1.165) is 25.9 Å². The highest BCUT2D eigenvalue weighted by atomic mass is 16.4. The lowest BCUT2D eigenvalue weighted by molar-refractivity contribution is -0.139. The molecule has 0 heterocycles. The van der Waals surface area contributed by atoms with E-state index < -0.39 is 5.97 Å². The van der Waals surface area contributed by atoms with Gasteiger partial charge in [-0.05, 0) is 18.3 Å². The molecule has 2 atom stereocenters. The summed E-state index contributed by atoms with van der Waals surface area (Å²) in [6.45, 7) is 10.1. The highest BCUT2D eigenvalue weighted by Crippen LogP contribution is 2.57. The van der Waals surface area contributed by atoms with Crippen molar-refractivity contribution in [1.82, 2.24) is 5.01 Å². The summed E-state index contributed by atoms with van der Waals surface area (Å²) in [5, 5.41) is 15.5. The van der Waals surface area contributed by atoms with Crippen LogP contribution in [-0.2, 0) is 4.79 Å². The Morgan fingerprint density at radius 3 is 2.24 bits per heavy atom. The lowest BCUT2D eigenvalue weighted by atomic mass is 10.1. The number of carbonyl (C=O) groups is 1. The second-order valence-corrected chi connectivity index (χ2v) is 5.38. The molecule has 4 nitrogen and oxygen atoms in total. The number of aliphatic carboxylic acids is 1. The van der Waals surface area contributed by atoms with Gasteiger partial charge in [0.15, 0.2) is 0 Å². The van der Waals surface area contributed by atoms with E-state index in [0.29, 0.717) is 0 Å². The maximum absolute atomic E-state index is 11.0. The molecule has 0 amide bonds. The third kappa shape index (κ3) is 3.20. The Bertz CT molecular complexity index is 294. The highest BCUT2D eigenvalue weighted by Gasteiger charge is 2.61. The number of hydrazone groups is 1. The first-order valence-electron chi connectivity index (χ1n) is 6.47. The van der Waals surface area contributed by atoms with Gasteiger partial charge in [0.05, 0.1) is 5.92 Å². The van der Waals surface area contributed by atoms with Crippen molar-refractivity contribution in [2.45, 2.75) is 40.5 Å². The van der Waals surface area contributed by atoms with Gasteiger partial charge in [-0.15, -0.1) is 0 Å². The van der Waals surface area contributed by atoms with Gasteiger partial charge < -0.3 is 5.11 Å². The molecular weight excluding hydrogens is 216 g/mol. The molecule has 98 valence electrons. The molecule has 17 heavy (non-hydrogen) atoms. The van der Waals surface area contributed by atoms with Crippen LogP contribution in [0.3, 0.4) is 0 Å². The molecule has 2 unspecified atom stereocenters. The first-order valence-corrected chi connectivity index (χ1v) is 6.47. The molecule has 0 radical (unpaired) electrons. The Hall–Kier alpha value is -1.06. The van der Waals surface area contributed by atoms with Crippen LogP contribution in [0, 0.1) is 17.3 Å². The molecule has 0 saturated heterocycles. The number of hydrogen-bond acceptors (Lipinski definition) is 3. The molecule has 1 aliphatic rings. The molecule has 0 aliphatic heterocycles. The minimum Gasteiger partial charge on any atom is -0.481 e. The Morgan fingerprint density at radius 1 is 1.35 bits per heavy atom. The number of carboxylic acids is 1. The first kappa shape index (κ1) is 14.0. The summed E-state index contributed by atoms with van der Waals surface area (Å²) in [5.41, 5.74) is -0.139. The van der Waals surface area contributed by atoms with E-state index in [1.54, 1.807) is 0 Å². The summed E-state index contributed by atoms with van der Waals surface area (Å²) in [5.74, 6) is -0.892. The standard InChI is InChI=1S/C13H24N2O2/c1-5-7-15(8-6-2)14-9-10-11(12(16)17)13(10,3)4/h9-11H,5-8H2,1-4H3,(H,16,17). The molecule has 0 bridgehead atoms. The van der Waals surface area contributed by atoms with Gasteiger partial charge in [0.1, 0.15) is 0 Å². The van der Waals surface area contributed by atoms with Crippen LogP contribution in [0.4, 0.5) is 0 Å². The Morgan fingerprint density at radius 2 is 1.88 bits per heavy atom. The van der Waals surface area contributed by atoms with Crippen molar-refractivity contribution in [2.75, 3.05) is 13.1 Å². The summed E-state index contributed by atoms with van der Waals surface area (Å²) < 4.78 is 0. The van der Waals surface area contributed by atoms with E-state index in [1.165, 1.54) is 0 Å². The summed E-state index contributed by atoms with van der Waals surface area (Å²) in [4.78, 5) is 11.0. The lowest BCUT2D eigenvalue weighted by Crippen LogP contribution is -2.19. The summed E-state index contributed by atoms with van der Waals surface area (Å²) in [7, 11) is 0. The molecule has 1 aliphatic carbocycles. The van der Waals surface area contributed by atoms with Crippen molar-refractivity contribution in [1.29, 1.82) is 0 Å². The lowest BCUT2D eigenvalue weighted by Gasteiger charge is -2.16. The molecule has 0 aromatic rings. The minimum atomic E-state index is -0.705. The molecule has 0 aromatic heterocycles. The molecule has 1 fully saturated rings. The van der Waals surface area contributed by atoms with Crippen molar-refractivity contribution < 1.29 is 9.90 Å². The van der Waals surface area contributed by atoms with Crippen LogP contribution in [0.1, 0.15) is 40.5 Å². The van der Waals surface area contributed by atoms with E-state index in [4.69, 9.17) is 5.11 Å². The molecular formula is C13H24N2O2. The Labute approximate surface area is 104 Å². The van der Waals surface area contributed by atoms with Crippen LogP contribution < -0.4 is 0 Å². The Kier molecular flexibility index (Phi) is 4.54. The topological polar surface area (TPSA) is 52.9 Å². The van der Waals surface area contributed by atoms with Crippen molar-refractivity contribution >= 4 is 12.2 Å². The maximum Gasteiger partial charge on any atom is 0.307 e.